The predicted octanol–water partition coefficient (Wildman–Crippen LogP) is 4.89. The van der Waals surface area contributed by atoms with Crippen LogP contribution in [0.2, 0.25) is 0 Å². The number of aromatic nitrogens is 2. The summed E-state index contributed by atoms with van der Waals surface area (Å²) in [5.41, 5.74) is 3.37. The van der Waals surface area contributed by atoms with Crippen LogP contribution in [0.3, 0.4) is 0 Å². The van der Waals surface area contributed by atoms with E-state index in [0.29, 0.717) is 0 Å². The highest BCUT2D eigenvalue weighted by Crippen LogP contribution is 2.26. The summed E-state index contributed by atoms with van der Waals surface area (Å²) in [7, 11) is 0. The molecule has 0 saturated heterocycles. The van der Waals surface area contributed by atoms with Crippen molar-refractivity contribution in [3.8, 4) is 0 Å². The number of para-hydroxylation sites is 1. The number of aryl methyl sites for hydroxylation is 2. The average Bonchev–Trinajstić information content (AvgIpc) is 2.56. The predicted molar refractivity (Wildman–Crippen MR) is 101 cm³/mol. The molecule has 0 bridgehead atoms. The first kappa shape index (κ1) is 17.0. The van der Waals surface area contributed by atoms with Crippen LogP contribution in [0.5, 0.6) is 0 Å². The van der Waals surface area contributed by atoms with E-state index in [-0.39, 0.29) is 6.03 Å². The molecule has 126 valence electrons. The van der Waals surface area contributed by atoms with Crippen molar-refractivity contribution in [1.82, 2.24) is 9.97 Å². The Bertz CT molecular complexity index is 846. The number of urea groups is 1. The number of amides is 2. The largest absolute Gasteiger partial charge is 0.323 e. The molecule has 0 aliphatic carbocycles. The van der Waals surface area contributed by atoms with Crippen molar-refractivity contribution >= 4 is 29.2 Å². The van der Waals surface area contributed by atoms with Crippen LogP contribution in [0.15, 0.2) is 70.7 Å². The Morgan fingerprint density at radius 3 is 2.00 bits per heavy atom. The lowest BCUT2D eigenvalue weighted by molar-refractivity contribution is 0.262. The number of hydrogen-bond donors (Lipinski definition) is 2. The van der Waals surface area contributed by atoms with Crippen LogP contribution in [0.25, 0.3) is 0 Å². The monoisotopic (exact) mass is 350 g/mol. The summed E-state index contributed by atoms with van der Waals surface area (Å²) in [6.07, 6.45) is 0. The zero-order valence-corrected chi connectivity index (χ0v) is 14.8. The highest BCUT2D eigenvalue weighted by atomic mass is 32.2. The van der Waals surface area contributed by atoms with Gasteiger partial charge in [0.15, 0.2) is 5.16 Å². The van der Waals surface area contributed by atoms with Gasteiger partial charge in [-0.2, -0.15) is 0 Å². The van der Waals surface area contributed by atoms with Crippen LogP contribution in [-0.4, -0.2) is 16.0 Å². The van der Waals surface area contributed by atoms with E-state index in [2.05, 4.69) is 20.6 Å². The summed E-state index contributed by atoms with van der Waals surface area (Å²) >= 11 is 1.50. The lowest BCUT2D eigenvalue weighted by Gasteiger charge is -2.08. The fourth-order valence-electron chi connectivity index (χ4n) is 2.27. The third-order valence-corrected chi connectivity index (χ3v) is 4.19. The molecular formula is C19H18N4OS. The lowest BCUT2D eigenvalue weighted by Crippen LogP contribution is -2.19. The molecule has 6 heteroatoms. The first-order valence-corrected chi connectivity index (χ1v) is 8.63. The van der Waals surface area contributed by atoms with E-state index >= 15 is 0 Å². The van der Waals surface area contributed by atoms with E-state index < -0.39 is 0 Å². The van der Waals surface area contributed by atoms with Gasteiger partial charge in [0.1, 0.15) is 0 Å². The zero-order chi connectivity index (χ0) is 17.6. The highest BCUT2D eigenvalue weighted by molar-refractivity contribution is 7.99. The van der Waals surface area contributed by atoms with Crippen molar-refractivity contribution in [2.45, 2.75) is 23.9 Å². The van der Waals surface area contributed by atoms with Crippen molar-refractivity contribution in [3.63, 3.8) is 0 Å². The first-order chi connectivity index (χ1) is 12.1. The molecule has 1 heterocycles. The fourth-order valence-corrected chi connectivity index (χ4v) is 3.13. The molecule has 0 unspecified atom stereocenters. The number of anilines is 2. The molecular weight excluding hydrogens is 332 g/mol. The first-order valence-electron chi connectivity index (χ1n) is 7.82. The topological polar surface area (TPSA) is 66.9 Å². The Morgan fingerprint density at radius 1 is 0.840 bits per heavy atom. The summed E-state index contributed by atoms with van der Waals surface area (Å²) in [4.78, 5) is 21.8. The normalized spacial score (nSPS) is 10.3. The minimum atomic E-state index is -0.274. The lowest BCUT2D eigenvalue weighted by atomic mass is 10.3. The van der Waals surface area contributed by atoms with E-state index in [1.165, 1.54) is 11.8 Å². The van der Waals surface area contributed by atoms with Gasteiger partial charge in [-0.3, -0.25) is 0 Å². The summed E-state index contributed by atoms with van der Waals surface area (Å²) in [6.45, 7) is 3.91. The van der Waals surface area contributed by atoms with Gasteiger partial charge >= 0.3 is 6.03 Å². The molecule has 0 aliphatic heterocycles. The van der Waals surface area contributed by atoms with Gasteiger partial charge in [-0.25, -0.2) is 14.8 Å². The molecule has 0 atom stereocenters. The maximum atomic E-state index is 12.0. The molecule has 25 heavy (non-hydrogen) atoms. The van der Waals surface area contributed by atoms with E-state index in [9.17, 15) is 4.79 Å². The summed E-state index contributed by atoms with van der Waals surface area (Å²) in [5.74, 6) is 0. The molecule has 0 aliphatic rings. The molecule has 3 aromatic rings. The minimum Gasteiger partial charge on any atom is -0.308 e. The fraction of sp³-hybridized carbons (Fsp3) is 0.105. The van der Waals surface area contributed by atoms with Gasteiger partial charge in [-0.1, -0.05) is 18.2 Å². The number of carbonyl (C=O) groups is 1. The van der Waals surface area contributed by atoms with Gasteiger partial charge in [0, 0.05) is 27.7 Å². The minimum absolute atomic E-state index is 0.274. The smallest absolute Gasteiger partial charge is 0.308 e. The van der Waals surface area contributed by atoms with Gasteiger partial charge in [0.2, 0.25) is 0 Å². The number of rotatable bonds is 4. The Kier molecular flexibility index (Phi) is 5.30. The molecule has 0 fully saturated rings. The van der Waals surface area contributed by atoms with Crippen molar-refractivity contribution in [2.24, 2.45) is 0 Å². The van der Waals surface area contributed by atoms with E-state index in [1.807, 2.05) is 74.5 Å². The Labute approximate surface area is 150 Å². The summed E-state index contributed by atoms with van der Waals surface area (Å²) < 4.78 is 0. The van der Waals surface area contributed by atoms with Crippen LogP contribution in [0.4, 0.5) is 16.2 Å². The Morgan fingerprint density at radius 2 is 1.40 bits per heavy atom. The van der Waals surface area contributed by atoms with Crippen LogP contribution < -0.4 is 10.6 Å². The van der Waals surface area contributed by atoms with Crippen molar-refractivity contribution in [3.05, 3.63) is 72.1 Å². The molecule has 2 amide bonds. The molecule has 0 saturated carbocycles. The van der Waals surface area contributed by atoms with Crippen LogP contribution in [0.1, 0.15) is 11.4 Å². The summed E-state index contributed by atoms with van der Waals surface area (Å²) in [5, 5.41) is 6.31. The van der Waals surface area contributed by atoms with E-state index in [0.717, 1.165) is 32.8 Å². The number of hydrogen-bond acceptors (Lipinski definition) is 4. The SMILES string of the molecule is Cc1cc(C)nc(Sc2ccc(NC(=O)Nc3ccccc3)cc2)n1. The van der Waals surface area contributed by atoms with E-state index in [1.54, 1.807) is 0 Å². The van der Waals surface area contributed by atoms with Crippen LogP contribution >= 0.6 is 11.8 Å². The van der Waals surface area contributed by atoms with Gasteiger partial charge in [0.25, 0.3) is 0 Å². The standard InChI is InChI=1S/C19H18N4OS/c1-13-12-14(2)21-19(20-13)25-17-10-8-16(9-11-17)23-18(24)22-15-6-4-3-5-7-15/h3-12H,1-2H3,(H2,22,23,24). The number of nitrogens with one attached hydrogen (secondary N) is 2. The quantitative estimate of drug-likeness (QED) is 0.658. The molecule has 2 N–H and O–H groups in total. The molecule has 0 radical (unpaired) electrons. The molecule has 5 nitrogen and oxygen atoms in total. The maximum Gasteiger partial charge on any atom is 0.323 e. The molecule has 0 spiro atoms. The number of benzene rings is 2. The molecule has 2 aromatic carbocycles. The van der Waals surface area contributed by atoms with Crippen LogP contribution in [0, 0.1) is 13.8 Å². The second-order valence-corrected chi connectivity index (χ2v) is 6.55. The van der Waals surface area contributed by atoms with Gasteiger partial charge in [-0.15, -0.1) is 0 Å². The molecule has 1 aromatic heterocycles. The number of nitrogens with zero attached hydrogens (tertiary/aromatic N) is 2. The Hall–Kier alpha value is -2.86. The van der Waals surface area contributed by atoms with Gasteiger partial charge in [0.05, 0.1) is 0 Å². The third kappa shape index (κ3) is 5.06. The van der Waals surface area contributed by atoms with E-state index in [4.69, 9.17) is 0 Å². The van der Waals surface area contributed by atoms with Crippen molar-refractivity contribution < 1.29 is 4.79 Å². The van der Waals surface area contributed by atoms with Crippen molar-refractivity contribution in [1.29, 1.82) is 0 Å². The van der Waals surface area contributed by atoms with Gasteiger partial charge < -0.3 is 10.6 Å². The van der Waals surface area contributed by atoms with Gasteiger partial charge in [-0.05, 0) is 68.1 Å². The van der Waals surface area contributed by atoms with Crippen molar-refractivity contribution in [2.75, 3.05) is 10.6 Å². The number of carbonyl (C=O) groups excluding carboxylic acids is 1. The maximum absolute atomic E-state index is 12.0. The van der Waals surface area contributed by atoms with Crippen LogP contribution in [-0.2, 0) is 0 Å². The second-order valence-electron chi connectivity index (χ2n) is 5.50. The average molecular weight is 350 g/mol. The summed E-state index contributed by atoms with van der Waals surface area (Å²) in [6, 6.07) is 18.6. The second kappa shape index (κ2) is 7.81. The zero-order valence-electron chi connectivity index (χ0n) is 14.0. The third-order valence-electron chi connectivity index (χ3n) is 3.31. The Balaban J connectivity index is 1.61. The highest BCUT2D eigenvalue weighted by Gasteiger charge is 2.05. The molecule has 3 rings (SSSR count).